The van der Waals surface area contributed by atoms with Crippen molar-refractivity contribution in [1.29, 1.82) is 0 Å². The number of aliphatic hydroxyl groups is 1. The summed E-state index contributed by atoms with van der Waals surface area (Å²) in [5, 5.41) is 31.3. The first-order valence-electron chi connectivity index (χ1n) is 5.35. The van der Waals surface area contributed by atoms with Crippen LogP contribution in [0.15, 0.2) is 18.2 Å². The van der Waals surface area contributed by atoms with Crippen LogP contribution in [0.25, 0.3) is 0 Å². The highest BCUT2D eigenvalue weighted by Crippen LogP contribution is 2.26. The Balaban J connectivity index is 3.04. The zero-order valence-corrected chi connectivity index (χ0v) is 9.79. The zero-order valence-electron chi connectivity index (χ0n) is 9.79. The lowest BCUT2D eigenvalue weighted by Gasteiger charge is -2.14. The van der Waals surface area contributed by atoms with Crippen LogP contribution in [-0.2, 0) is 0 Å². The maximum atomic E-state index is 10.9. The normalized spacial score (nSPS) is 11.9. The van der Waals surface area contributed by atoms with Crippen molar-refractivity contribution in [2.45, 2.75) is 19.4 Å². The Labute approximate surface area is 103 Å². The van der Waals surface area contributed by atoms with Gasteiger partial charge < -0.3 is 15.5 Å². The van der Waals surface area contributed by atoms with Crippen molar-refractivity contribution >= 4 is 17.3 Å². The molecule has 0 aliphatic carbocycles. The molecule has 0 amide bonds. The number of nitrogens with one attached hydrogen (secondary N) is 1. The van der Waals surface area contributed by atoms with Gasteiger partial charge in [-0.05, 0) is 25.5 Å². The molecule has 1 aromatic rings. The van der Waals surface area contributed by atoms with Gasteiger partial charge in [0.1, 0.15) is 5.69 Å². The van der Waals surface area contributed by atoms with Crippen LogP contribution in [0.5, 0.6) is 0 Å². The molecule has 0 spiro atoms. The van der Waals surface area contributed by atoms with Crippen molar-refractivity contribution in [2.24, 2.45) is 0 Å². The molecule has 0 bridgehead atoms. The minimum Gasteiger partial charge on any atom is -0.478 e. The van der Waals surface area contributed by atoms with E-state index >= 15 is 0 Å². The molecule has 0 fully saturated rings. The molecule has 0 radical (unpaired) electrons. The van der Waals surface area contributed by atoms with Crippen LogP contribution in [-0.4, -0.2) is 33.8 Å². The number of aliphatic hydroxyl groups excluding tert-OH is 1. The number of nitrogens with zero attached hydrogens (tertiary/aromatic N) is 1. The fraction of sp³-hybridized carbons (Fsp3) is 0.364. The van der Waals surface area contributed by atoms with E-state index in [1.165, 1.54) is 12.1 Å². The van der Waals surface area contributed by atoms with Crippen LogP contribution >= 0.6 is 0 Å². The molecule has 7 nitrogen and oxygen atoms in total. The van der Waals surface area contributed by atoms with Crippen molar-refractivity contribution in [2.75, 3.05) is 11.9 Å². The van der Waals surface area contributed by atoms with Gasteiger partial charge in [-0.1, -0.05) is 0 Å². The van der Waals surface area contributed by atoms with E-state index < -0.39 is 10.9 Å². The number of aromatic carboxylic acids is 1. The first-order chi connectivity index (χ1) is 8.45. The van der Waals surface area contributed by atoms with Gasteiger partial charge in [-0.15, -0.1) is 0 Å². The molecule has 1 atom stereocenters. The average molecular weight is 254 g/mol. The summed E-state index contributed by atoms with van der Waals surface area (Å²) in [6.45, 7) is 1.74. The molecular weight excluding hydrogens is 240 g/mol. The lowest BCUT2D eigenvalue weighted by Crippen LogP contribution is -2.17. The highest BCUT2D eigenvalue weighted by molar-refractivity contribution is 5.89. The summed E-state index contributed by atoms with van der Waals surface area (Å²) in [4.78, 5) is 21.0. The molecule has 3 N–H and O–H groups in total. The van der Waals surface area contributed by atoms with E-state index in [0.29, 0.717) is 6.42 Å². The second kappa shape index (κ2) is 5.97. The molecule has 0 aliphatic heterocycles. The summed E-state index contributed by atoms with van der Waals surface area (Å²) in [6.07, 6.45) is 0.442. The van der Waals surface area contributed by atoms with Crippen LogP contribution in [0.3, 0.4) is 0 Å². The first-order valence-corrected chi connectivity index (χ1v) is 5.35. The third-order valence-corrected chi connectivity index (χ3v) is 2.41. The van der Waals surface area contributed by atoms with Crippen LogP contribution < -0.4 is 5.32 Å². The SMILES string of the molecule is CC(CCO)Nc1ccc(C(=O)O)cc1[N+](=O)[O-]. The minimum atomic E-state index is -1.21. The Morgan fingerprint density at radius 3 is 2.72 bits per heavy atom. The molecule has 1 aromatic carbocycles. The van der Waals surface area contributed by atoms with Gasteiger partial charge in [0.15, 0.2) is 0 Å². The molecule has 0 saturated heterocycles. The van der Waals surface area contributed by atoms with Crippen LogP contribution in [0.4, 0.5) is 11.4 Å². The topological polar surface area (TPSA) is 113 Å². The average Bonchev–Trinajstić information content (AvgIpc) is 2.29. The molecular formula is C11H14N2O5. The number of anilines is 1. The van der Waals surface area contributed by atoms with Gasteiger partial charge in [0.05, 0.1) is 10.5 Å². The van der Waals surface area contributed by atoms with Crippen molar-refractivity contribution < 1.29 is 19.9 Å². The van der Waals surface area contributed by atoms with Crippen molar-refractivity contribution in [3.8, 4) is 0 Å². The number of benzene rings is 1. The fourth-order valence-electron chi connectivity index (χ4n) is 1.47. The Morgan fingerprint density at radius 1 is 1.56 bits per heavy atom. The number of carboxylic acids is 1. The van der Waals surface area contributed by atoms with Gasteiger partial charge in [0, 0.05) is 18.7 Å². The van der Waals surface area contributed by atoms with E-state index in [-0.39, 0.29) is 29.6 Å². The van der Waals surface area contributed by atoms with Crippen molar-refractivity contribution in [3.63, 3.8) is 0 Å². The van der Waals surface area contributed by atoms with E-state index in [2.05, 4.69) is 5.32 Å². The maximum absolute atomic E-state index is 10.9. The van der Waals surface area contributed by atoms with E-state index in [1.807, 2.05) is 0 Å². The van der Waals surface area contributed by atoms with E-state index in [9.17, 15) is 14.9 Å². The third-order valence-electron chi connectivity index (χ3n) is 2.41. The molecule has 1 rings (SSSR count). The Morgan fingerprint density at radius 2 is 2.22 bits per heavy atom. The number of carbonyl (C=O) groups is 1. The molecule has 98 valence electrons. The molecule has 0 aromatic heterocycles. The highest BCUT2D eigenvalue weighted by atomic mass is 16.6. The number of nitro benzene ring substituents is 1. The zero-order chi connectivity index (χ0) is 13.7. The molecule has 0 aliphatic rings. The molecule has 18 heavy (non-hydrogen) atoms. The second-order valence-corrected chi connectivity index (χ2v) is 3.85. The van der Waals surface area contributed by atoms with Crippen LogP contribution in [0.2, 0.25) is 0 Å². The van der Waals surface area contributed by atoms with Crippen LogP contribution in [0.1, 0.15) is 23.7 Å². The summed E-state index contributed by atoms with van der Waals surface area (Å²) in [5.41, 5.74) is -0.187. The fourth-order valence-corrected chi connectivity index (χ4v) is 1.47. The molecule has 1 unspecified atom stereocenters. The number of nitro groups is 1. The number of hydrogen-bond acceptors (Lipinski definition) is 5. The minimum absolute atomic E-state index is 0.0326. The predicted octanol–water partition coefficient (Wildman–Crippen LogP) is 1.48. The highest BCUT2D eigenvalue weighted by Gasteiger charge is 2.18. The molecule has 0 saturated carbocycles. The molecule has 0 heterocycles. The summed E-state index contributed by atoms with van der Waals surface area (Å²) in [5.74, 6) is -1.21. The smallest absolute Gasteiger partial charge is 0.335 e. The standard InChI is InChI=1S/C11H14N2O5/c1-7(4-5-14)12-9-3-2-8(11(15)16)6-10(9)13(17)18/h2-3,6-7,12,14H,4-5H2,1H3,(H,15,16). The Hall–Kier alpha value is -2.15. The number of rotatable bonds is 6. The van der Waals surface area contributed by atoms with E-state index in [1.54, 1.807) is 6.92 Å². The lowest BCUT2D eigenvalue weighted by atomic mass is 10.1. The van der Waals surface area contributed by atoms with Gasteiger partial charge in [-0.25, -0.2) is 4.79 Å². The van der Waals surface area contributed by atoms with Crippen molar-refractivity contribution in [1.82, 2.24) is 0 Å². The van der Waals surface area contributed by atoms with Gasteiger partial charge >= 0.3 is 5.97 Å². The predicted molar refractivity (Wildman–Crippen MR) is 64.8 cm³/mol. The number of carboxylic acid groups (broad SMARTS) is 1. The van der Waals surface area contributed by atoms with Gasteiger partial charge in [-0.3, -0.25) is 10.1 Å². The van der Waals surface area contributed by atoms with Gasteiger partial charge in [-0.2, -0.15) is 0 Å². The lowest BCUT2D eigenvalue weighted by molar-refractivity contribution is -0.384. The first kappa shape index (κ1) is 13.9. The number of hydrogen-bond donors (Lipinski definition) is 3. The summed E-state index contributed by atoms with van der Waals surface area (Å²) in [7, 11) is 0. The molecule has 7 heteroatoms. The van der Waals surface area contributed by atoms with E-state index in [4.69, 9.17) is 10.2 Å². The quantitative estimate of drug-likeness (QED) is 0.523. The maximum Gasteiger partial charge on any atom is 0.335 e. The summed E-state index contributed by atoms with van der Waals surface area (Å²) < 4.78 is 0. The largest absolute Gasteiger partial charge is 0.478 e. The van der Waals surface area contributed by atoms with Crippen molar-refractivity contribution in [3.05, 3.63) is 33.9 Å². The monoisotopic (exact) mass is 254 g/mol. The third kappa shape index (κ3) is 3.42. The Kier molecular flexibility index (Phi) is 4.61. The second-order valence-electron chi connectivity index (χ2n) is 3.85. The Bertz CT molecular complexity index is 461. The summed E-state index contributed by atoms with van der Waals surface area (Å²) >= 11 is 0. The van der Waals surface area contributed by atoms with Gasteiger partial charge in [0.2, 0.25) is 0 Å². The van der Waals surface area contributed by atoms with Gasteiger partial charge in [0.25, 0.3) is 5.69 Å². The van der Waals surface area contributed by atoms with Crippen LogP contribution in [0, 0.1) is 10.1 Å². The summed E-state index contributed by atoms with van der Waals surface area (Å²) in [6, 6.07) is 3.51. The van der Waals surface area contributed by atoms with E-state index in [0.717, 1.165) is 6.07 Å².